The van der Waals surface area contributed by atoms with E-state index in [0.717, 1.165) is 6.07 Å². The maximum atomic E-state index is 13.5. The Morgan fingerprint density at radius 1 is 1.09 bits per heavy atom. The summed E-state index contributed by atoms with van der Waals surface area (Å²) in [6.45, 7) is 2.77. The third-order valence-electron chi connectivity index (χ3n) is 5.44. The zero-order valence-electron chi connectivity index (χ0n) is 17.4. The number of alkyl halides is 3. The van der Waals surface area contributed by atoms with Crippen LogP contribution in [0.4, 0.5) is 13.2 Å². The summed E-state index contributed by atoms with van der Waals surface area (Å²) in [5, 5.41) is 1.27. The monoisotopic (exact) mass is 464 g/mol. The van der Waals surface area contributed by atoms with Crippen LogP contribution in [0.2, 0.25) is 0 Å². The second-order valence-corrected chi connectivity index (χ2v) is 9.53. The van der Waals surface area contributed by atoms with E-state index in [1.165, 1.54) is 37.7 Å². The molecule has 0 atom stereocenters. The van der Waals surface area contributed by atoms with Gasteiger partial charge in [-0.1, -0.05) is 6.92 Å². The fraction of sp³-hybridized carbons (Fsp3) is 0.286. The van der Waals surface area contributed by atoms with E-state index in [0.29, 0.717) is 15.3 Å². The van der Waals surface area contributed by atoms with Gasteiger partial charge < -0.3 is 9.13 Å². The van der Waals surface area contributed by atoms with Crippen molar-refractivity contribution in [2.45, 2.75) is 31.5 Å². The highest BCUT2D eigenvalue weighted by atomic mass is 32.2. The van der Waals surface area contributed by atoms with Gasteiger partial charge in [-0.15, -0.1) is 0 Å². The molecule has 0 unspecified atom stereocenters. The van der Waals surface area contributed by atoms with Gasteiger partial charge in [-0.05, 0) is 36.6 Å². The molecule has 0 aliphatic carbocycles. The van der Waals surface area contributed by atoms with Crippen molar-refractivity contribution in [1.29, 1.82) is 0 Å². The number of hydrogen-bond acceptors (Lipinski definition) is 5. The molecule has 0 spiro atoms. The topological polar surface area (TPSA) is 86.8 Å². The molecule has 0 radical (unpaired) electrons. The van der Waals surface area contributed by atoms with Crippen LogP contribution in [0, 0.1) is 0 Å². The van der Waals surface area contributed by atoms with E-state index >= 15 is 0 Å². The number of fused-ring (bicyclic) bond motifs is 2. The number of nitrogens with zero attached hydrogens (tertiary/aromatic N) is 4. The zero-order chi connectivity index (χ0) is 23.4. The van der Waals surface area contributed by atoms with Crippen molar-refractivity contribution in [3.05, 3.63) is 52.7 Å². The van der Waals surface area contributed by atoms with Crippen molar-refractivity contribution in [2.24, 2.45) is 7.05 Å². The summed E-state index contributed by atoms with van der Waals surface area (Å²) in [6.07, 6.45) is -1.67. The molecular weight excluding hydrogens is 445 g/mol. The lowest BCUT2D eigenvalue weighted by Crippen LogP contribution is -2.28. The smallest absolute Gasteiger partial charge is 0.323 e. The van der Waals surface area contributed by atoms with Crippen LogP contribution >= 0.6 is 0 Å². The molecule has 3 aromatic heterocycles. The molecule has 1 aromatic carbocycles. The highest BCUT2D eigenvalue weighted by Crippen LogP contribution is 2.35. The molecule has 0 saturated heterocycles. The molecule has 11 heteroatoms. The van der Waals surface area contributed by atoms with E-state index in [9.17, 15) is 26.4 Å². The Bertz CT molecular complexity index is 1540. The van der Waals surface area contributed by atoms with E-state index in [4.69, 9.17) is 0 Å². The van der Waals surface area contributed by atoms with Gasteiger partial charge in [0.25, 0.3) is 5.56 Å². The molecule has 4 aromatic rings. The Morgan fingerprint density at radius 3 is 2.44 bits per heavy atom. The van der Waals surface area contributed by atoms with Crippen LogP contribution in [0.3, 0.4) is 0 Å². The SMILES string of the molecule is CCn1c(C(F)(F)F)cc2nc(-c3cc4ccncc4cc3S(=O)(=O)CC)n(C)c2c1=O. The molecule has 0 aliphatic heterocycles. The minimum Gasteiger partial charge on any atom is -0.323 e. The quantitative estimate of drug-likeness (QED) is 0.459. The predicted molar refractivity (Wildman–Crippen MR) is 114 cm³/mol. The molecule has 168 valence electrons. The number of hydrogen-bond donors (Lipinski definition) is 0. The number of aromatic nitrogens is 4. The number of imidazole rings is 1. The highest BCUT2D eigenvalue weighted by molar-refractivity contribution is 7.91. The molecule has 32 heavy (non-hydrogen) atoms. The number of halogens is 3. The van der Waals surface area contributed by atoms with E-state index < -0.39 is 27.3 Å². The fourth-order valence-electron chi connectivity index (χ4n) is 3.81. The minimum absolute atomic E-state index is 0.0224. The lowest BCUT2D eigenvalue weighted by atomic mass is 10.1. The minimum atomic E-state index is -4.74. The van der Waals surface area contributed by atoms with E-state index in [1.54, 1.807) is 18.3 Å². The van der Waals surface area contributed by atoms with Crippen LogP contribution in [0.15, 0.2) is 46.3 Å². The normalized spacial score (nSPS) is 12.7. The average molecular weight is 464 g/mol. The standard InChI is InChI=1S/C21H19F3N4O3S/c1-4-28-17(21(22,23)24)10-15-18(20(28)29)27(3)19(26-15)14-8-12-6-7-25-11-13(12)9-16(14)32(30,31)5-2/h6-11H,4-5H2,1-3H3. The maximum absolute atomic E-state index is 13.5. The summed E-state index contributed by atoms with van der Waals surface area (Å²) in [5.41, 5.74) is -1.93. The first-order chi connectivity index (χ1) is 15.0. The van der Waals surface area contributed by atoms with Crippen molar-refractivity contribution >= 4 is 31.6 Å². The van der Waals surface area contributed by atoms with Crippen LogP contribution in [0.1, 0.15) is 19.5 Å². The van der Waals surface area contributed by atoms with Crippen molar-refractivity contribution in [3.63, 3.8) is 0 Å². The summed E-state index contributed by atoms with van der Waals surface area (Å²) in [6, 6.07) is 5.59. The Hall–Kier alpha value is -3.21. The van der Waals surface area contributed by atoms with Gasteiger partial charge in [0.15, 0.2) is 9.84 Å². The Balaban J connectivity index is 2.13. The second-order valence-electron chi connectivity index (χ2n) is 7.28. The molecule has 0 fully saturated rings. The van der Waals surface area contributed by atoms with Gasteiger partial charge in [-0.3, -0.25) is 9.78 Å². The van der Waals surface area contributed by atoms with Gasteiger partial charge >= 0.3 is 6.18 Å². The lowest BCUT2D eigenvalue weighted by Gasteiger charge is -2.14. The second kappa shape index (κ2) is 7.44. The fourth-order valence-corrected chi connectivity index (χ4v) is 4.91. The summed E-state index contributed by atoms with van der Waals surface area (Å²) < 4.78 is 68.3. The first-order valence-electron chi connectivity index (χ1n) is 9.78. The molecule has 0 bridgehead atoms. The number of pyridine rings is 2. The van der Waals surface area contributed by atoms with Crippen molar-refractivity contribution in [1.82, 2.24) is 19.1 Å². The van der Waals surface area contributed by atoms with Gasteiger partial charge in [0, 0.05) is 36.9 Å². The Morgan fingerprint density at radius 2 is 1.81 bits per heavy atom. The van der Waals surface area contributed by atoms with Crippen LogP contribution in [-0.2, 0) is 29.6 Å². The maximum Gasteiger partial charge on any atom is 0.431 e. The van der Waals surface area contributed by atoms with Gasteiger partial charge in [0.05, 0.1) is 16.2 Å². The van der Waals surface area contributed by atoms with Crippen LogP contribution in [0.5, 0.6) is 0 Å². The number of aryl methyl sites for hydroxylation is 1. The van der Waals surface area contributed by atoms with Crippen LogP contribution < -0.4 is 5.56 Å². The molecule has 0 aliphatic rings. The van der Waals surface area contributed by atoms with Crippen molar-refractivity contribution < 1.29 is 21.6 Å². The molecule has 3 heterocycles. The average Bonchev–Trinajstić information content (AvgIpc) is 3.08. The molecule has 0 N–H and O–H groups in total. The van der Waals surface area contributed by atoms with Crippen molar-refractivity contribution in [2.75, 3.05) is 5.75 Å². The number of sulfone groups is 1. The van der Waals surface area contributed by atoms with Gasteiger partial charge in [-0.2, -0.15) is 13.2 Å². The van der Waals surface area contributed by atoms with E-state index in [-0.39, 0.29) is 39.6 Å². The predicted octanol–water partition coefficient (Wildman–Crippen LogP) is 3.78. The zero-order valence-corrected chi connectivity index (χ0v) is 18.3. The molecule has 7 nitrogen and oxygen atoms in total. The first-order valence-corrected chi connectivity index (χ1v) is 11.4. The number of benzene rings is 1. The summed E-state index contributed by atoms with van der Waals surface area (Å²) in [4.78, 5) is 21.2. The molecular formula is C21H19F3N4O3S. The van der Waals surface area contributed by atoms with Crippen LogP contribution in [0.25, 0.3) is 33.2 Å². The van der Waals surface area contributed by atoms with Gasteiger partial charge in [-0.25, -0.2) is 13.4 Å². The Labute approximate surface area is 181 Å². The van der Waals surface area contributed by atoms with Gasteiger partial charge in [0.2, 0.25) is 0 Å². The molecule has 0 saturated carbocycles. The van der Waals surface area contributed by atoms with Crippen molar-refractivity contribution in [3.8, 4) is 11.4 Å². The number of rotatable bonds is 4. The largest absolute Gasteiger partial charge is 0.431 e. The first kappa shape index (κ1) is 22.0. The van der Waals surface area contributed by atoms with Crippen LogP contribution in [-0.4, -0.2) is 33.3 Å². The summed E-state index contributed by atoms with van der Waals surface area (Å²) in [5.74, 6) is -0.0962. The molecule has 4 rings (SSSR count). The lowest BCUT2D eigenvalue weighted by molar-refractivity contribution is -0.144. The third-order valence-corrected chi connectivity index (χ3v) is 7.20. The summed E-state index contributed by atoms with van der Waals surface area (Å²) in [7, 11) is -2.24. The van der Waals surface area contributed by atoms with Gasteiger partial charge in [0.1, 0.15) is 17.0 Å². The Kier molecular flexibility index (Phi) is 5.11. The molecule has 0 amide bonds. The van der Waals surface area contributed by atoms with E-state index in [1.807, 2.05) is 0 Å². The third kappa shape index (κ3) is 3.36. The highest BCUT2D eigenvalue weighted by Gasteiger charge is 2.36. The summed E-state index contributed by atoms with van der Waals surface area (Å²) >= 11 is 0. The van der Waals surface area contributed by atoms with E-state index in [2.05, 4.69) is 9.97 Å².